The highest BCUT2D eigenvalue weighted by Gasteiger charge is 2.16. The van der Waals surface area contributed by atoms with Crippen molar-refractivity contribution in [2.24, 2.45) is 0 Å². The molecule has 0 aliphatic carbocycles. The zero-order valence-corrected chi connectivity index (χ0v) is 11.4. The first-order valence-electron chi connectivity index (χ1n) is 5.66. The summed E-state index contributed by atoms with van der Waals surface area (Å²) in [4.78, 5) is 11.1. The van der Waals surface area contributed by atoms with E-state index in [1.807, 2.05) is 19.1 Å². The van der Waals surface area contributed by atoms with Gasteiger partial charge in [-0.3, -0.25) is 4.79 Å². The Hall–Kier alpha value is -1.32. The minimum absolute atomic E-state index is 0.343. The smallest absolute Gasteiger partial charge is 0.155 e. The van der Waals surface area contributed by atoms with Crippen molar-refractivity contribution < 1.29 is 4.79 Å². The third-order valence-corrected chi connectivity index (χ3v) is 3.23. The van der Waals surface area contributed by atoms with Crippen molar-refractivity contribution >= 4 is 29.5 Å². The Balaban J connectivity index is 2.51. The van der Waals surface area contributed by atoms with Gasteiger partial charge in [0, 0.05) is 5.02 Å². The number of hydrogen-bond donors (Lipinski definition) is 0. The topological polar surface area (TPSA) is 34.9 Å². The fourth-order valence-corrected chi connectivity index (χ4v) is 2.16. The maximum atomic E-state index is 11.1. The molecule has 0 saturated carbocycles. The van der Waals surface area contributed by atoms with Crippen LogP contribution in [-0.2, 0) is 6.42 Å². The van der Waals surface area contributed by atoms with E-state index in [1.54, 1.807) is 16.8 Å². The molecule has 94 valence electrons. The van der Waals surface area contributed by atoms with E-state index in [9.17, 15) is 4.79 Å². The summed E-state index contributed by atoms with van der Waals surface area (Å²) in [5.74, 6) is 0. The molecule has 0 unspecified atom stereocenters. The van der Waals surface area contributed by atoms with Crippen LogP contribution in [0.5, 0.6) is 0 Å². The van der Waals surface area contributed by atoms with Crippen LogP contribution in [0.1, 0.15) is 29.4 Å². The molecule has 2 rings (SSSR count). The van der Waals surface area contributed by atoms with Gasteiger partial charge in [-0.25, -0.2) is 4.68 Å². The monoisotopic (exact) mass is 282 g/mol. The van der Waals surface area contributed by atoms with E-state index in [2.05, 4.69) is 5.10 Å². The number of carbonyl (C=O) groups excluding carboxylic acids is 1. The van der Waals surface area contributed by atoms with E-state index in [-0.39, 0.29) is 0 Å². The number of halogens is 2. The number of aromatic nitrogens is 2. The van der Waals surface area contributed by atoms with E-state index in [1.165, 1.54) is 0 Å². The lowest BCUT2D eigenvalue weighted by Gasteiger charge is -2.02. The highest BCUT2D eigenvalue weighted by molar-refractivity contribution is 6.32. The number of rotatable bonds is 4. The van der Waals surface area contributed by atoms with Crippen molar-refractivity contribution in [1.29, 1.82) is 0 Å². The third kappa shape index (κ3) is 2.42. The number of aryl methyl sites for hydroxylation is 1. The first kappa shape index (κ1) is 13.1. The first-order chi connectivity index (χ1) is 8.67. The summed E-state index contributed by atoms with van der Waals surface area (Å²) in [6.07, 6.45) is 2.40. The van der Waals surface area contributed by atoms with Crippen molar-refractivity contribution in [2.75, 3.05) is 0 Å². The summed E-state index contributed by atoms with van der Waals surface area (Å²) >= 11 is 12.0. The molecule has 0 fully saturated rings. The molecular formula is C13H12Cl2N2O. The van der Waals surface area contributed by atoms with E-state index < -0.39 is 0 Å². The fourth-order valence-electron chi connectivity index (χ4n) is 1.74. The predicted molar refractivity (Wildman–Crippen MR) is 73.0 cm³/mol. The van der Waals surface area contributed by atoms with Crippen LogP contribution in [0.25, 0.3) is 5.69 Å². The minimum Gasteiger partial charge on any atom is -0.298 e. The van der Waals surface area contributed by atoms with Gasteiger partial charge in [0.25, 0.3) is 0 Å². The zero-order chi connectivity index (χ0) is 13.1. The molecule has 1 aromatic heterocycles. The highest BCUT2D eigenvalue weighted by atomic mass is 35.5. The zero-order valence-electron chi connectivity index (χ0n) is 9.86. The highest BCUT2D eigenvalue weighted by Crippen LogP contribution is 2.24. The van der Waals surface area contributed by atoms with E-state index >= 15 is 0 Å². The Morgan fingerprint density at radius 1 is 1.28 bits per heavy atom. The Morgan fingerprint density at radius 3 is 2.50 bits per heavy atom. The number of hydrogen-bond acceptors (Lipinski definition) is 2. The minimum atomic E-state index is 0.343. The summed E-state index contributed by atoms with van der Waals surface area (Å²) in [6.45, 7) is 2.03. The summed E-state index contributed by atoms with van der Waals surface area (Å²) in [5, 5.41) is 5.37. The van der Waals surface area contributed by atoms with Crippen LogP contribution in [0.3, 0.4) is 0 Å². The Bertz CT molecular complexity index is 561. The van der Waals surface area contributed by atoms with Crippen LogP contribution in [0.15, 0.2) is 24.3 Å². The quantitative estimate of drug-likeness (QED) is 0.796. The van der Waals surface area contributed by atoms with Gasteiger partial charge in [0.05, 0.1) is 16.9 Å². The van der Waals surface area contributed by atoms with Gasteiger partial charge < -0.3 is 0 Å². The lowest BCUT2D eigenvalue weighted by molar-refractivity contribution is 0.112. The van der Waals surface area contributed by atoms with Crippen LogP contribution in [-0.4, -0.2) is 16.1 Å². The average molecular weight is 283 g/mol. The molecule has 0 amide bonds. The maximum Gasteiger partial charge on any atom is 0.155 e. The lowest BCUT2D eigenvalue weighted by atomic mass is 10.2. The lowest BCUT2D eigenvalue weighted by Crippen LogP contribution is -1.97. The second-order valence-corrected chi connectivity index (χ2v) is 4.70. The molecule has 2 aromatic rings. The second-order valence-electron chi connectivity index (χ2n) is 3.91. The van der Waals surface area contributed by atoms with Crippen molar-refractivity contribution in [1.82, 2.24) is 9.78 Å². The second kappa shape index (κ2) is 5.55. The molecule has 0 aliphatic heterocycles. The SMILES string of the molecule is CCCc1nn(-c2ccc(Cl)cc2)c(Cl)c1C=O. The fraction of sp³-hybridized carbons (Fsp3) is 0.231. The predicted octanol–water partition coefficient (Wildman–Crippen LogP) is 3.94. The maximum absolute atomic E-state index is 11.1. The van der Waals surface area contributed by atoms with E-state index in [0.717, 1.165) is 30.5 Å². The molecule has 1 aromatic carbocycles. The van der Waals surface area contributed by atoms with Crippen LogP contribution in [0.4, 0.5) is 0 Å². The Kier molecular flexibility index (Phi) is 4.04. The van der Waals surface area contributed by atoms with Gasteiger partial charge in [0.2, 0.25) is 0 Å². The molecule has 0 bridgehead atoms. The molecule has 1 heterocycles. The third-order valence-electron chi connectivity index (χ3n) is 2.62. The molecule has 0 radical (unpaired) electrons. The molecule has 0 spiro atoms. The van der Waals surface area contributed by atoms with Crippen LogP contribution in [0, 0.1) is 0 Å². The number of carbonyl (C=O) groups is 1. The van der Waals surface area contributed by atoms with Gasteiger partial charge in [-0.05, 0) is 30.7 Å². The van der Waals surface area contributed by atoms with Gasteiger partial charge in [-0.1, -0.05) is 36.5 Å². The summed E-state index contributed by atoms with van der Waals surface area (Å²) in [6, 6.07) is 7.14. The molecule has 3 nitrogen and oxygen atoms in total. The normalized spacial score (nSPS) is 10.6. The van der Waals surface area contributed by atoms with Crippen LogP contribution < -0.4 is 0 Å². The van der Waals surface area contributed by atoms with Crippen LogP contribution in [0.2, 0.25) is 10.2 Å². The van der Waals surface area contributed by atoms with Gasteiger partial charge in [-0.2, -0.15) is 5.10 Å². The molecule has 18 heavy (non-hydrogen) atoms. The van der Waals surface area contributed by atoms with Crippen molar-refractivity contribution in [3.63, 3.8) is 0 Å². The van der Waals surface area contributed by atoms with Crippen molar-refractivity contribution in [3.05, 3.63) is 45.7 Å². The van der Waals surface area contributed by atoms with Crippen molar-refractivity contribution in [3.8, 4) is 5.69 Å². The summed E-state index contributed by atoms with van der Waals surface area (Å²) in [5.41, 5.74) is 1.98. The largest absolute Gasteiger partial charge is 0.298 e. The molecule has 0 saturated heterocycles. The Morgan fingerprint density at radius 2 is 1.94 bits per heavy atom. The van der Waals surface area contributed by atoms with Crippen molar-refractivity contribution in [2.45, 2.75) is 19.8 Å². The Labute approximate surface area is 115 Å². The first-order valence-corrected chi connectivity index (χ1v) is 6.41. The van der Waals surface area contributed by atoms with Gasteiger partial charge in [-0.15, -0.1) is 0 Å². The average Bonchev–Trinajstić information content (AvgIpc) is 2.67. The van der Waals surface area contributed by atoms with Gasteiger partial charge in [0.15, 0.2) is 6.29 Å². The molecule has 5 heteroatoms. The van der Waals surface area contributed by atoms with Gasteiger partial charge >= 0.3 is 0 Å². The molecule has 0 atom stereocenters. The van der Waals surface area contributed by atoms with E-state index in [0.29, 0.717) is 15.7 Å². The van der Waals surface area contributed by atoms with Gasteiger partial charge in [0.1, 0.15) is 5.15 Å². The number of benzene rings is 1. The van der Waals surface area contributed by atoms with Crippen LogP contribution >= 0.6 is 23.2 Å². The molecule has 0 aliphatic rings. The number of aldehydes is 1. The standard InChI is InChI=1S/C13H12Cl2N2O/c1-2-3-12-11(8-18)13(15)17(16-12)10-6-4-9(14)5-7-10/h4-8H,2-3H2,1H3. The molecular weight excluding hydrogens is 271 g/mol. The number of nitrogens with zero attached hydrogens (tertiary/aromatic N) is 2. The summed E-state index contributed by atoms with van der Waals surface area (Å²) < 4.78 is 1.56. The molecule has 0 N–H and O–H groups in total. The van der Waals surface area contributed by atoms with E-state index in [4.69, 9.17) is 23.2 Å². The summed E-state index contributed by atoms with van der Waals surface area (Å²) in [7, 11) is 0.